The molecule has 1 aromatic heterocycles. The molecule has 0 radical (unpaired) electrons. The lowest BCUT2D eigenvalue weighted by atomic mass is 10.2. The Labute approximate surface area is 114 Å². The molecule has 0 saturated carbocycles. The number of hydrogen-bond donors (Lipinski definition) is 1. The van der Waals surface area contributed by atoms with Crippen molar-refractivity contribution in [2.24, 2.45) is 0 Å². The molecule has 0 spiro atoms. The van der Waals surface area contributed by atoms with E-state index in [-0.39, 0.29) is 11.1 Å². The minimum absolute atomic E-state index is 0.173. The Kier molecular flexibility index (Phi) is 3.76. The smallest absolute Gasteiger partial charge is 0.224 e. The van der Waals surface area contributed by atoms with Crippen LogP contribution in [0.4, 0.5) is 33.5 Å². The average molecular weight is 310 g/mol. The number of halogens is 6. The lowest BCUT2D eigenvalue weighted by Gasteiger charge is -2.11. The van der Waals surface area contributed by atoms with Crippen LogP contribution in [0, 0.1) is 36.0 Å². The highest BCUT2D eigenvalue weighted by molar-refractivity contribution is 6.28. The zero-order chi connectivity index (χ0) is 15.0. The second-order valence-electron chi connectivity index (χ2n) is 3.74. The van der Waals surface area contributed by atoms with Crippen molar-refractivity contribution in [3.05, 3.63) is 46.1 Å². The number of nitrogens with zero attached hydrogens (tertiary/aromatic N) is 2. The van der Waals surface area contributed by atoms with Crippen LogP contribution < -0.4 is 5.32 Å². The van der Waals surface area contributed by atoms with E-state index in [4.69, 9.17) is 11.6 Å². The van der Waals surface area contributed by atoms with E-state index < -0.39 is 34.8 Å². The zero-order valence-corrected chi connectivity index (χ0v) is 10.5. The molecule has 0 aliphatic heterocycles. The Balaban J connectivity index is 2.57. The van der Waals surface area contributed by atoms with Gasteiger partial charge in [0, 0.05) is 11.8 Å². The predicted octanol–water partition coefficient (Wildman–Crippen LogP) is 3.88. The van der Waals surface area contributed by atoms with Crippen molar-refractivity contribution in [1.29, 1.82) is 0 Å². The fraction of sp³-hybridized carbons (Fsp3) is 0.0909. The maximum Gasteiger partial charge on any atom is 0.224 e. The molecule has 9 heteroatoms. The molecule has 1 N–H and O–H groups in total. The van der Waals surface area contributed by atoms with E-state index >= 15 is 0 Å². The van der Waals surface area contributed by atoms with Crippen LogP contribution in [0.25, 0.3) is 0 Å². The normalized spacial score (nSPS) is 10.8. The zero-order valence-electron chi connectivity index (χ0n) is 9.74. The topological polar surface area (TPSA) is 37.8 Å². The largest absolute Gasteiger partial charge is 0.335 e. The van der Waals surface area contributed by atoms with Gasteiger partial charge in [0.15, 0.2) is 23.3 Å². The molecule has 0 aliphatic rings. The third-order valence-electron chi connectivity index (χ3n) is 2.40. The summed E-state index contributed by atoms with van der Waals surface area (Å²) in [7, 11) is 0. The van der Waals surface area contributed by atoms with Gasteiger partial charge in [0.1, 0.15) is 11.5 Å². The number of rotatable bonds is 2. The predicted molar refractivity (Wildman–Crippen MR) is 61.3 cm³/mol. The summed E-state index contributed by atoms with van der Waals surface area (Å²) < 4.78 is 65.8. The first-order valence-electron chi connectivity index (χ1n) is 5.10. The molecule has 3 nitrogen and oxygen atoms in total. The fourth-order valence-corrected chi connectivity index (χ4v) is 1.51. The maximum atomic E-state index is 13.5. The first-order chi connectivity index (χ1) is 9.32. The van der Waals surface area contributed by atoms with E-state index in [2.05, 4.69) is 9.97 Å². The number of aromatic nitrogens is 2. The number of nitrogens with one attached hydrogen (secondary N) is 1. The summed E-state index contributed by atoms with van der Waals surface area (Å²) in [6, 6.07) is 0. The molecule has 2 aromatic rings. The van der Waals surface area contributed by atoms with Gasteiger partial charge in [0.2, 0.25) is 11.1 Å². The molecular formula is C11H5ClF5N3. The Morgan fingerprint density at radius 1 is 0.950 bits per heavy atom. The maximum absolute atomic E-state index is 13.5. The van der Waals surface area contributed by atoms with Crippen LogP contribution in [-0.2, 0) is 0 Å². The first kappa shape index (κ1) is 14.4. The van der Waals surface area contributed by atoms with Crippen molar-refractivity contribution in [2.75, 3.05) is 5.32 Å². The van der Waals surface area contributed by atoms with Gasteiger partial charge in [0.05, 0.1) is 0 Å². The average Bonchev–Trinajstić information content (AvgIpc) is 2.43. The van der Waals surface area contributed by atoms with Crippen molar-refractivity contribution in [2.45, 2.75) is 6.92 Å². The lowest BCUT2D eigenvalue weighted by molar-refractivity contribution is 0.382. The van der Waals surface area contributed by atoms with Gasteiger partial charge in [0.25, 0.3) is 0 Å². The third kappa shape index (κ3) is 2.38. The van der Waals surface area contributed by atoms with Crippen LogP contribution in [-0.4, -0.2) is 9.97 Å². The van der Waals surface area contributed by atoms with Gasteiger partial charge in [-0.25, -0.2) is 31.9 Å². The molecule has 0 unspecified atom stereocenters. The summed E-state index contributed by atoms with van der Waals surface area (Å²) in [4.78, 5) is 7.20. The van der Waals surface area contributed by atoms with Crippen molar-refractivity contribution < 1.29 is 22.0 Å². The highest BCUT2D eigenvalue weighted by Gasteiger charge is 2.26. The van der Waals surface area contributed by atoms with Crippen molar-refractivity contribution in [3.8, 4) is 0 Å². The minimum Gasteiger partial charge on any atom is -0.335 e. The van der Waals surface area contributed by atoms with Gasteiger partial charge in [-0.05, 0) is 18.5 Å². The molecule has 106 valence electrons. The summed E-state index contributed by atoms with van der Waals surface area (Å²) in [5, 5.41) is 1.78. The van der Waals surface area contributed by atoms with Crippen LogP contribution in [0.1, 0.15) is 5.56 Å². The molecule has 0 amide bonds. The van der Waals surface area contributed by atoms with Crippen LogP contribution in [0.2, 0.25) is 5.28 Å². The van der Waals surface area contributed by atoms with Gasteiger partial charge in [-0.1, -0.05) is 0 Å². The van der Waals surface area contributed by atoms with E-state index in [1.54, 1.807) is 0 Å². The first-order valence-corrected chi connectivity index (χ1v) is 5.48. The Morgan fingerprint density at radius 3 is 2.00 bits per heavy atom. The summed E-state index contributed by atoms with van der Waals surface area (Å²) in [5.74, 6) is -10.5. The van der Waals surface area contributed by atoms with Crippen molar-refractivity contribution in [3.63, 3.8) is 0 Å². The fourth-order valence-electron chi connectivity index (χ4n) is 1.38. The molecule has 0 atom stereocenters. The summed E-state index contributed by atoms with van der Waals surface area (Å²) >= 11 is 5.49. The second-order valence-corrected chi connectivity index (χ2v) is 4.08. The Bertz CT molecular complexity index is 663. The monoisotopic (exact) mass is 309 g/mol. The Hall–Kier alpha value is -1.96. The van der Waals surface area contributed by atoms with Crippen molar-refractivity contribution >= 4 is 23.1 Å². The van der Waals surface area contributed by atoms with Crippen LogP contribution >= 0.6 is 11.6 Å². The summed E-state index contributed by atoms with van der Waals surface area (Å²) in [6.07, 6.45) is 1.23. The highest BCUT2D eigenvalue weighted by Crippen LogP contribution is 2.30. The highest BCUT2D eigenvalue weighted by atomic mass is 35.5. The lowest BCUT2D eigenvalue weighted by Crippen LogP contribution is -2.08. The van der Waals surface area contributed by atoms with Crippen molar-refractivity contribution in [1.82, 2.24) is 9.97 Å². The minimum atomic E-state index is -2.23. The number of anilines is 2. The molecule has 0 aliphatic carbocycles. The van der Waals surface area contributed by atoms with Gasteiger partial charge >= 0.3 is 0 Å². The van der Waals surface area contributed by atoms with E-state index in [0.717, 1.165) is 0 Å². The summed E-state index contributed by atoms with van der Waals surface area (Å²) in [5.41, 5.74) is -0.905. The Morgan fingerprint density at radius 2 is 1.45 bits per heavy atom. The molecule has 0 fully saturated rings. The summed E-state index contributed by atoms with van der Waals surface area (Å²) in [6.45, 7) is 1.46. The standard InChI is InChI=1S/C11H5ClF5N3/c1-3-2-18-11(12)20-10(3)19-9-7(16)5(14)4(13)6(15)8(9)17/h2H,1H3,(H,18,19,20). The number of benzene rings is 1. The van der Waals surface area contributed by atoms with E-state index in [1.807, 2.05) is 5.32 Å². The van der Waals surface area contributed by atoms with Gasteiger partial charge < -0.3 is 5.32 Å². The molecule has 2 rings (SSSR count). The molecule has 1 aromatic carbocycles. The second kappa shape index (κ2) is 5.20. The number of hydrogen-bond acceptors (Lipinski definition) is 3. The van der Waals surface area contributed by atoms with Gasteiger partial charge in [-0.15, -0.1) is 0 Å². The molecular weight excluding hydrogens is 305 g/mol. The molecule has 1 heterocycles. The van der Waals surface area contributed by atoms with Crippen LogP contribution in [0.15, 0.2) is 6.20 Å². The quantitative estimate of drug-likeness (QED) is 0.396. The molecule has 0 bridgehead atoms. The van der Waals surface area contributed by atoms with Crippen LogP contribution in [0.3, 0.4) is 0 Å². The molecule has 0 saturated heterocycles. The SMILES string of the molecule is Cc1cnc(Cl)nc1Nc1c(F)c(F)c(F)c(F)c1F. The number of aryl methyl sites for hydroxylation is 1. The van der Waals surface area contributed by atoms with E-state index in [0.29, 0.717) is 5.56 Å². The van der Waals surface area contributed by atoms with Gasteiger partial charge in [-0.3, -0.25) is 0 Å². The van der Waals surface area contributed by atoms with E-state index in [1.165, 1.54) is 13.1 Å². The van der Waals surface area contributed by atoms with Gasteiger partial charge in [-0.2, -0.15) is 0 Å². The van der Waals surface area contributed by atoms with Crippen LogP contribution in [0.5, 0.6) is 0 Å². The third-order valence-corrected chi connectivity index (χ3v) is 2.58. The molecule has 20 heavy (non-hydrogen) atoms. The van der Waals surface area contributed by atoms with E-state index in [9.17, 15) is 22.0 Å².